The van der Waals surface area contributed by atoms with Gasteiger partial charge in [-0.15, -0.1) is 6.58 Å². The molecule has 2 rings (SSSR count). The first kappa shape index (κ1) is 39.8. The van der Waals surface area contributed by atoms with Crippen LogP contribution in [0.2, 0.25) is 0 Å². The van der Waals surface area contributed by atoms with Gasteiger partial charge in [-0.05, 0) is 51.1 Å². The second-order valence-electron chi connectivity index (χ2n) is 12.0. The molecule has 2 aliphatic rings. The van der Waals surface area contributed by atoms with Crippen LogP contribution >= 0.6 is 0 Å². The van der Waals surface area contributed by atoms with Gasteiger partial charge in [-0.3, -0.25) is 19.2 Å². The minimum atomic E-state index is -1.02. The van der Waals surface area contributed by atoms with Gasteiger partial charge < -0.3 is 41.0 Å². The second kappa shape index (κ2) is 19.5. The first-order valence-electron chi connectivity index (χ1n) is 15.9. The van der Waals surface area contributed by atoms with Gasteiger partial charge in [0.05, 0.1) is 17.5 Å². The molecule has 264 valence electrons. The molecule has 0 fully saturated rings. The lowest BCUT2D eigenvalue weighted by molar-refractivity contribution is -0.160. The maximum atomic E-state index is 13.8. The Morgan fingerprint density at radius 2 is 1.83 bits per heavy atom. The summed E-state index contributed by atoms with van der Waals surface area (Å²) >= 11 is 0. The molecule has 1 aliphatic carbocycles. The average Bonchev–Trinajstić information content (AvgIpc) is 3.03. The lowest BCUT2D eigenvalue weighted by atomic mass is 9.85. The van der Waals surface area contributed by atoms with E-state index >= 15 is 0 Å². The summed E-state index contributed by atoms with van der Waals surface area (Å²) in [6.07, 6.45) is 5.81. The van der Waals surface area contributed by atoms with Crippen LogP contribution in [0.4, 0.5) is 4.79 Å². The Hall–Kier alpha value is -4.33. The monoisotopic (exact) mass is 670 g/mol. The number of ketones is 2. The molecule has 0 unspecified atom stereocenters. The van der Waals surface area contributed by atoms with Crippen molar-refractivity contribution < 1.29 is 42.9 Å². The first-order chi connectivity index (χ1) is 22.8. The molecule has 2 amide bonds. The highest BCUT2D eigenvalue weighted by Crippen LogP contribution is 2.30. The van der Waals surface area contributed by atoms with Crippen molar-refractivity contribution in [3.63, 3.8) is 0 Å². The molecule has 6 atom stereocenters. The summed E-state index contributed by atoms with van der Waals surface area (Å²) in [6, 6.07) is 0. The molecular formula is C35H50N4O9. The zero-order chi connectivity index (χ0) is 36.0. The van der Waals surface area contributed by atoms with Crippen molar-refractivity contribution in [2.45, 2.75) is 77.8 Å². The molecule has 2 bridgehead atoms. The number of carbonyl (C=O) groups is 5. The number of amides is 2. The molecule has 0 saturated carbocycles. The number of primary amides is 1. The number of allylic oxidation sites excluding steroid dienone is 4. The number of methoxy groups -OCH3 is 2. The van der Waals surface area contributed by atoms with E-state index in [1.807, 2.05) is 13.8 Å². The maximum absolute atomic E-state index is 13.8. The number of nitrogens with two attached hydrogens (primary N) is 2. The molecule has 6 N–H and O–H groups in total. The maximum Gasteiger partial charge on any atom is 0.405 e. The second-order valence-corrected chi connectivity index (χ2v) is 12.0. The summed E-state index contributed by atoms with van der Waals surface area (Å²) in [5, 5.41) is 5.55. The SMILES string of the molecule is C=CCNC1=C2C[C@@H](C)C[C@@H](OC)[C@H](OC(=O)CCCN)[C@H](C)/C=C(\C)[C@@H](OC(N)=O)[C@H](OC)/C=C\C=C(/C)C(=O)NC(=CC1=O)C2=O. The van der Waals surface area contributed by atoms with Gasteiger partial charge in [0, 0.05) is 50.3 Å². The van der Waals surface area contributed by atoms with Gasteiger partial charge in [-0.25, -0.2) is 4.79 Å². The van der Waals surface area contributed by atoms with Crippen molar-refractivity contribution in [1.29, 1.82) is 0 Å². The molecule has 0 radical (unpaired) electrons. The van der Waals surface area contributed by atoms with Gasteiger partial charge in [0.1, 0.15) is 12.2 Å². The minimum absolute atomic E-state index is 0.105. The number of rotatable bonds is 10. The Morgan fingerprint density at radius 1 is 1.12 bits per heavy atom. The highest BCUT2D eigenvalue weighted by molar-refractivity contribution is 6.23. The van der Waals surface area contributed by atoms with Crippen LogP contribution in [0.5, 0.6) is 0 Å². The van der Waals surface area contributed by atoms with E-state index < -0.39 is 59.9 Å². The molecule has 0 aromatic rings. The van der Waals surface area contributed by atoms with Crippen molar-refractivity contribution >= 4 is 29.5 Å². The summed E-state index contributed by atoms with van der Waals surface area (Å²) in [5.74, 6) is -2.75. The van der Waals surface area contributed by atoms with Gasteiger partial charge in [0.2, 0.25) is 11.6 Å². The van der Waals surface area contributed by atoms with E-state index in [0.717, 1.165) is 6.08 Å². The number of hydrogen-bond donors (Lipinski definition) is 4. The van der Waals surface area contributed by atoms with Crippen LogP contribution in [0.15, 0.2) is 71.1 Å². The van der Waals surface area contributed by atoms with Gasteiger partial charge in [-0.2, -0.15) is 0 Å². The molecule has 0 spiro atoms. The van der Waals surface area contributed by atoms with Crippen molar-refractivity contribution in [1.82, 2.24) is 10.6 Å². The van der Waals surface area contributed by atoms with Crippen LogP contribution < -0.4 is 22.1 Å². The molecular weight excluding hydrogens is 620 g/mol. The Labute approximate surface area is 282 Å². The van der Waals surface area contributed by atoms with Crippen molar-refractivity contribution in [2.75, 3.05) is 27.3 Å². The van der Waals surface area contributed by atoms with E-state index in [-0.39, 0.29) is 47.8 Å². The third-order valence-electron chi connectivity index (χ3n) is 8.03. The third-order valence-corrected chi connectivity index (χ3v) is 8.03. The van der Waals surface area contributed by atoms with E-state index in [4.69, 9.17) is 30.4 Å². The quantitative estimate of drug-likeness (QED) is 0.151. The smallest absolute Gasteiger partial charge is 0.405 e. The molecule has 0 saturated heterocycles. The van der Waals surface area contributed by atoms with Crippen LogP contribution in [0.1, 0.15) is 53.4 Å². The molecule has 1 aliphatic heterocycles. The zero-order valence-corrected chi connectivity index (χ0v) is 28.7. The number of ether oxygens (including phenoxy) is 4. The number of esters is 1. The first-order valence-corrected chi connectivity index (χ1v) is 15.9. The Balaban J connectivity index is 2.73. The van der Waals surface area contributed by atoms with Crippen molar-refractivity contribution in [3.8, 4) is 0 Å². The van der Waals surface area contributed by atoms with E-state index in [9.17, 15) is 24.0 Å². The predicted molar refractivity (Wildman–Crippen MR) is 180 cm³/mol. The zero-order valence-electron chi connectivity index (χ0n) is 28.7. The standard InChI is InChI=1S/C35H50N4O9/c1-8-15-38-30-24-16-20(2)17-28(46-7)33(47-29(41)13-10-14-36)23(5)18-22(4)32(48-35(37)44)27(45-6)12-9-11-21(3)34(43)39-25(31(24)42)19-26(30)40/h8-9,11-12,18-20,23,27-28,32-33,38H,1,10,13-17,36H2,2-7H3,(H2,37,44)(H,39,43)/b12-9-,21-11+,22-18+/t20-,23-,27-,28-,32-,33-/m1/s1. The lowest BCUT2D eigenvalue weighted by Gasteiger charge is -2.32. The Bertz CT molecular complexity index is 1380. The van der Waals surface area contributed by atoms with Crippen LogP contribution in [-0.2, 0) is 38.1 Å². The number of fused-ring (bicyclic) bond motifs is 2. The number of carbonyl (C=O) groups excluding carboxylic acids is 5. The predicted octanol–water partition coefficient (Wildman–Crippen LogP) is 2.83. The van der Waals surface area contributed by atoms with E-state index in [1.54, 1.807) is 38.2 Å². The highest BCUT2D eigenvalue weighted by Gasteiger charge is 2.35. The normalized spacial score (nSPS) is 29.0. The van der Waals surface area contributed by atoms with Crippen LogP contribution in [-0.4, -0.2) is 81.3 Å². The van der Waals surface area contributed by atoms with Gasteiger partial charge in [0.25, 0.3) is 5.91 Å². The number of hydrogen-bond acceptors (Lipinski definition) is 11. The fourth-order valence-corrected chi connectivity index (χ4v) is 5.58. The van der Waals surface area contributed by atoms with E-state index in [0.29, 0.717) is 25.0 Å². The highest BCUT2D eigenvalue weighted by atomic mass is 16.6. The molecule has 13 heteroatoms. The molecule has 48 heavy (non-hydrogen) atoms. The summed E-state index contributed by atoms with van der Waals surface area (Å²) < 4.78 is 23.0. The van der Waals surface area contributed by atoms with E-state index in [1.165, 1.54) is 20.3 Å². The van der Waals surface area contributed by atoms with Gasteiger partial charge in [0.15, 0.2) is 6.10 Å². The Kier molecular flexibility index (Phi) is 16.2. The average molecular weight is 671 g/mol. The fraction of sp³-hybridized carbons (Fsp3) is 0.514. The summed E-state index contributed by atoms with van der Waals surface area (Å²) in [5.41, 5.74) is 12.0. The number of nitrogens with one attached hydrogen (secondary N) is 2. The van der Waals surface area contributed by atoms with Gasteiger partial charge >= 0.3 is 12.1 Å². The fourth-order valence-electron chi connectivity index (χ4n) is 5.58. The van der Waals surface area contributed by atoms with Gasteiger partial charge in [-0.1, -0.05) is 44.2 Å². The van der Waals surface area contributed by atoms with Crippen LogP contribution in [0.25, 0.3) is 0 Å². The molecule has 0 aromatic carbocycles. The molecule has 0 aromatic heterocycles. The van der Waals surface area contributed by atoms with Crippen LogP contribution in [0.3, 0.4) is 0 Å². The Morgan fingerprint density at radius 3 is 2.44 bits per heavy atom. The van der Waals surface area contributed by atoms with Crippen molar-refractivity contribution in [3.05, 3.63) is 71.1 Å². The van der Waals surface area contributed by atoms with Crippen LogP contribution in [0, 0.1) is 11.8 Å². The number of Topliss-reactive ketones (excluding diaryl/α,β-unsaturated/α-hetero) is 1. The lowest BCUT2D eigenvalue weighted by Crippen LogP contribution is -2.40. The largest absolute Gasteiger partial charge is 0.459 e. The summed E-state index contributed by atoms with van der Waals surface area (Å²) in [7, 11) is 2.92. The summed E-state index contributed by atoms with van der Waals surface area (Å²) in [4.78, 5) is 64.9. The topological polar surface area (TPSA) is 198 Å². The molecule has 13 nitrogen and oxygen atoms in total. The summed E-state index contributed by atoms with van der Waals surface area (Å²) in [6.45, 7) is 11.2. The van der Waals surface area contributed by atoms with E-state index in [2.05, 4.69) is 17.2 Å². The third kappa shape index (κ3) is 11.4. The molecule has 1 heterocycles. The van der Waals surface area contributed by atoms with Crippen molar-refractivity contribution in [2.24, 2.45) is 23.3 Å². The minimum Gasteiger partial charge on any atom is -0.459 e.